The molecule has 1 aromatic heterocycles. The molecule has 2 heterocycles. The van der Waals surface area contributed by atoms with Gasteiger partial charge in [0.2, 0.25) is 0 Å². The summed E-state index contributed by atoms with van der Waals surface area (Å²) in [6.45, 7) is 3.80. The third-order valence-corrected chi connectivity index (χ3v) is 3.67. The number of imidazole rings is 1. The fourth-order valence-corrected chi connectivity index (χ4v) is 2.41. The van der Waals surface area contributed by atoms with E-state index in [1.54, 1.807) is 10.9 Å². The van der Waals surface area contributed by atoms with Crippen LogP contribution in [0.1, 0.15) is 28.7 Å². The number of benzene rings is 1. The highest BCUT2D eigenvalue weighted by molar-refractivity contribution is 6.31. The van der Waals surface area contributed by atoms with Crippen LogP contribution in [0.25, 0.3) is 5.69 Å². The number of nitrogens with zero attached hydrogens (tertiary/aromatic N) is 2. The molecule has 1 aromatic carbocycles. The van der Waals surface area contributed by atoms with Gasteiger partial charge in [0.1, 0.15) is 12.4 Å². The summed E-state index contributed by atoms with van der Waals surface area (Å²) in [4.78, 5) is 16.3. The van der Waals surface area contributed by atoms with E-state index in [0.717, 1.165) is 16.9 Å². The summed E-state index contributed by atoms with van der Waals surface area (Å²) >= 11 is 6.12. The molecule has 0 aliphatic carbocycles. The van der Waals surface area contributed by atoms with Crippen LogP contribution in [0.15, 0.2) is 24.5 Å². The minimum absolute atomic E-state index is 0.120. The van der Waals surface area contributed by atoms with E-state index >= 15 is 0 Å². The number of halogens is 1. The number of esters is 1. The largest absolute Gasteiger partial charge is 0.458 e. The first-order valence-electron chi connectivity index (χ1n) is 6.10. The zero-order valence-electron chi connectivity index (χ0n) is 10.7. The van der Waals surface area contributed by atoms with Crippen molar-refractivity contribution in [3.05, 3.63) is 46.5 Å². The third kappa shape index (κ3) is 2.02. The second-order valence-corrected chi connectivity index (χ2v) is 5.17. The van der Waals surface area contributed by atoms with Gasteiger partial charge < -0.3 is 4.74 Å². The summed E-state index contributed by atoms with van der Waals surface area (Å²) in [5.41, 5.74) is 3.09. The lowest BCUT2D eigenvalue weighted by Crippen LogP contribution is -2.26. The Morgan fingerprint density at radius 3 is 3.00 bits per heavy atom. The summed E-state index contributed by atoms with van der Waals surface area (Å²) in [7, 11) is 0. The fourth-order valence-electron chi connectivity index (χ4n) is 2.23. The van der Waals surface area contributed by atoms with Crippen molar-refractivity contribution < 1.29 is 9.53 Å². The Hall–Kier alpha value is -1.81. The lowest BCUT2D eigenvalue weighted by atomic mass is 10.1. The van der Waals surface area contributed by atoms with Crippen molar-refractivity contribution in [3.8, 4) is 5.69 Å². The van der Waals surface area contributed by atoms with Gasteiger partial charge in [-0.2, -0.15) is 0 Å². The molecule has 0 radical (unpaired) electrons. The molecular formula is C14H13ClN2O2. The van der Waals surface area contributed by atoms with E-state index in [1.807, 2.05) is 32.0 Å². The lowest BCUT2D eigenvalue weighted by molar-refractivity contribution is 0.0288. The third-order valence-electron chi connectivity index (χ3n) is 3.26. The minimum Gasteiger partial charge on any atom is -0.458 e. The van der Waals surface area contributed by atoms with E-state index in [2.05, 4.69) is 4.98 Å². The number of ether oxygens (including phenoxy) is 1. The molecule has 0 bridgehead atoms. The van der Waals surface area contributed by atoms with Crippen molar-refractivity contribution in [2.45, 2.75) is 26.4 Å². The molecule has 4 nitrogen and oxygen atoms in total. The predicted molar refractivity (Wildman–Crippen MR) is 71.9 cm³/mol. The maximum atomic E-state index is 12.0. The molecule has 19 heavy (non-hydrogen) atoms. The van der Waals surface area contributed by atoms with Gasteiger partial charge in [-0.25, -0.2) is 9.78 Å². The quantitative estimate of drug-likeness (QED) is 0.752. The van der Waals surface area contributed by atoms with Crippen molar-refractivity contribution in [1.29, 1.82) is 0 Å². The summed E-state index contributed by atoms with van der Waals surface area (Å²) < 4.78 is 6.99. The van der Waals surface area contributed by atoms with Crippen LogP contribution >= 0.6 is 11.6 Å². The van der Waals surface area contributed by atoms with Gasteiger partial charge in [-0.1, -0.05) is 17.7 Å². The van der Waals surface area contributed by atoms with E-state index in [0.29, 0.717) is 17.1 Å². The number of cyclic esters (lactones) is 1. The number of hydrogen-bond acceptors (Lipinski definition) is 3. The van der Waals surface area contributed by atoms with Gasteiger partial charge in [0.05, 0.1) is 5.69 Å². The maximum absolute atomic E-state index is 12.0. The van der Waals surface area contributed by atoms with Gasteiger partial charge in [-0.15, -0.1) is 0 Å². The highest BCUT2D eigenvalue weighted by Crippen LogP contribution is 2.25. The average molecular weight is 277 g/mol. The van der Waals surface area contributed by atoms with E-state index < -0.39 is 0 Å². The van der Waals surface area contributed by atoms with Crippen LogP contribution < -0.4 is 0 Å². The predicted octanol–water partition coefficient (Wildman–Crippen LogP) is 2.94. The van der Waals surface area contributed by atoms with Crippen LogP contribution in [0.3, 0.4) is 0 Å². The van der Waals surface area contributed by atoms with Gasteiger partial charge in [0.25, 0.3) is 0 Å². The zero-order chi connectivity index (χ0) is 13.6. The molecule has 0 amide bonds. The minimum atomic E-state index is -0.331. The molecule has 0 spiro atoms. The molecule has 0 saturated carbocycles. The normalized spacial score (nSPS) is 18.1. The Kier molecular flexibility index (Phi) is 2.82. The Morgan fingerprint density at radius 1 is 1.47 bits per heavy atom. The molecule has 5 heteroatoms. The molecule has 0 N–H and O–H groups in total. The van der Waals surface area contributed by atoms with Crippen LogP contribution in [0.5, 0.6) is 0 Å². The molecule has 1 aliphatic heterocycles. The van der Waals surface area contributed by atoms with Crippen LogP contribution in [-0.2, 0) is 11.2 Å². The monoisotopic (exact) mass is 276 g/mol. The van der Waals surface area contributed by atoms with Gasteiger partial charge in [0, 0.05) is 17.1 Å². The molecular weight excluding hydrogens is 264 g/mol. The molecule has 1 unspecified atom stereocenters. The highest BCUT2D eigenvalue weighted by Gasteiger charge is 2.29. The van der Waals surface area contributed by atoms with Gasteiger partial charge >= 0.3 is 5.97 Å². The number of carbonyl (C=O) groups is 1. The molecule has 1 aliphatic rings. The molecule has 98 valence electrons. The van der Waals surface area contributed by atoms with Crippen molar-refractivity contribution >= 4 is 17.6 Å². The SMILES string of the molecule is Cc1ccc(-n2cnc3c2C(=O)OC(C)C3)cc1Cl. The molecule has 2 aromatic rings. The Labute approximate surface area is 116 Å². The van der Waals surface area contributed by atoms with Crippen LogP contribution in [0, 0.1) is 6.92 Å². The number of aromatic nitrogens is 2. The first-order valence-corrected chi connectivity index (χ1v) is 6.48. The highest BCUT2D eigenvalue weighted by atomic mass is 35.5. The van der Waals surface area contributed by atoms with E-state index in [9.17, 15) is 4.79 Å². The number of rotatable bonds is 1. The van der Waals surface area contributed by atoms with E-state index in [4.69, 9.17) is 16.3 Å². The number of hydrogen-bond donors (Lipinski definition) is 0. The van der Waals surface area contributed by atoms with E-state index in [-0.39, 0.29) is 12.1 Å². The van der Waals surface area contributed by atoms with Crippen molar-refractivity contribution in [3.63, 3.8) is 0 Å². The van der Waals surface area contributed by atoms with Crippen LogP contribution in [0.2, 0.25) is 5.02 Å². The number of fused-ring (bicyclic) bond motifs is 1. The number of aryl methyl sites for hydroxylation is 1. The van der Waals surface area contributed by atoms with Gasteiger partial charge in [0.15, 0.2) is 5.69 Å². The molecule has 3 rings (SSSR count). The Morgan fingerprint density at radius 2 is 2.26 bits per heavy atom. The topological polar surface area (TPSA) is 44.1 Å². The second kappa shape index (κ2) is 4.38. The van der Waals surface area contributed by atoms with Crippen LogP contribution in [-0.4, -0.2) is 21.6 Å². The lowest BCUT2D eigenvalue weighted by Gasteiger charge is -2.19. The van der Waals surface area contributed by atoms with E-state index in [1.165, 1.54) is 0 Å². The van der Waals surface area contributed by atoms with Crippen LogP contribution in [0.4, 0.5) is 0 Å². The molecule has 0 saturated heterocycles. The Balaban J connectivity index is 2.12. The van der Waals surface area contributed by atoms with Gasteiger partial charge in [-0.3, -0.25) is 4.57 Å². The second-order valence-electron chi connectivity index (χ2n) is 4.76. The summed E-state index contributed by atoms with van der Waals surface area (Å²) in [5.74, 6) is -0.331. The Bertz CT molecular complexity index is 663. The van der Waals surface area contributed by atoms with Crippen molar-refractivity contribution in [1.82, 2.24) is 9.55 Å². The van der Waals surface area contributed by atoms with Gasteiger partial charge in [-0.05, 0) is 31.5 Å². The first-order chi connectivity index (χ1) is 9.06. The summed E-state index contributed by atoms with van der Waals surface area (Å²) in [6.07, 6.45) is 2.17. The molecule has 1 atom stereocenters. The molecule has 0 fully saturated rings. The zero-order valence-corrected chi connectivity index (χ0v) is 11.4. The fraction of sp³-hybridized carbons (Fsp3) is 0.286. The standard InChI is InChI=1S/C14H13ClN2O2/c1-8-3-4-10(6-11(8)15)17-7-16-12-5-9(2)19-14(18)13(12)17/h3-4,6-7,9H,5H2,1-2H3. The number of carbonyl (C=O) groups excluding carboxylic acids is 1. The smallest absolute Gasteiger partial charge is 0.357 e. The average Bonchev–Trinajstić information content (AvgIpc) is 2.76. The summed E-state index contributed by atoms with van der Waals surface area (Å²) in [5, 5.41) is 0.664. The van der Waals surface area contributed by atoms with Crippen molar-refractivity contribution in [2.24, 2.45) is 0 Å². The summed E-state index contributed by atoms with van der Waals surface area (Å²) in [6, 6.07) is 5.65. The first kappa shape index (κ1) is 12.2. The van der Waals surface area contributed by atoms with Crippen molar-refractivity contribution in [2.75, 3.05) is 0 Å². The maximum Gasteiger partial charge on any atom is 0.357 e.